The van der Waals surface area contributed by atoms with Crippen molar-refractivity contribution in [3.63, 3.8) is 0 Å². The number of benzene rings is 2. The maximum atomic E-state index is 13.1. The molecule has 0 bridgehead atoms. The summed E-state index contributed by atoms with van der Waals surface area (Å²) in [5, 5.41) is 5.58. The number of amidine groups is 1. The Kier molecular flexibility index (Phi) is 8.78. The summed E-state index contributed by atoms with van der Waals surface area (Å²) in [4.78, 5) is 32.5. The zero-order valence-electron chi connectivity index (χ0n) is 22.3. The fourth-order valence-corrected chi connectivity index (χ4v) is 5.41. The molecule has 4 rings (SSSR count). The number of ether oxygens (including phenoxy) is 3. The van der Waals surface area contributed by atoms with Gasteiger partial charge in [0.25, 0.3) is 0 Å². The number of methoxy groups -OCH3 is 2. The van der Waals surface area contributed by atoms with Gasteiger partial charge in [-0.2, -0.15) is 0 Å². The molecule has 9 heteroatoms. The highest BCUT2D eigenvalue weighted by atomic mass is 32.2. The molecule has 200 valence electrons. The minimum atomic E-state index is -0.546. The molecule has 2 aromatic rings. The number of thioether (sulfide) groups is 1. The molecule has 0 fully saturated rings. The second-order valence-corrected chi connectivity index (χ2v) is 10.0. The zero-order valence-corrected chi connectivity index (χ0v) is 23.1. The van der Waals surface area contributed by atoms with Gasteiger partial charge in [-0.15, -0.1) is 0 Å². The molecule has 8 nitrogen and oxygen atoms in total. The molecule has 0 saturated heterocycles. The minimum Gasteiger partial charge on any atom is -0.493 e. The van der Waals surface area contributed by atoms with Gasteiger partial charge in [-0.05, 0) is 48.9 Å². The van der Waals surface area contributed by atoms with Crippen LogP contribution in [0.1, 0.15) is 50.8 Å². The molecule has 2 heterocycles. The number of carbonyl (C=O) groups is 2. The van der Waals surface area contributed by atoms with Crippen LogP contribution in [0, 0.1) is 0 Å². The SMILES string of the molecule is CCC1=C(C(=O)OC)[C@H](c2ccc(OCc3ccccc3)c(OC)c2)N2C(CC(=O)NC(C)C)=CSC2=N1. The van der Waals surface area contributed by atoms with Gasteiger partial charge in [0.1, 0.15) is 6.61 Å². The van der Waals surface area contributed by atoms with Crippen molar-refractivity contribution in [2.45, 2.75) is 52.3 Å². The molecular weight excluding hydrogens is 502 g/mol. The maximum Gasteiger partial charge on any atom is 0.338 e. The second kappa shape index (κ2) is 12.2. The van der Waals surface area contributed by atoms with Gasteiger partial charge in [-0.25, -0.2) is 9.79 Å². The van der Waals surface area contributed by atoms with Crippen LogP contribution in [0.4, 0.5) is 0 Å². The van der Waals surface area contributed by atoms with E-state index in [9.17, 15) is 9.59 Å². The first-order chi connectivity index (χ1) is 18.4. The van der Waals surface area contributed by atoms with E-state index in [0.717, 1.165) is 22.0 Å². The summed E-state index contributed by atoms with van der Waals surface area (Å²) in [6, 6.07) is 15.0. The quantitative estimate of drug-likeness (QED) is 0.412. The molecule has 0 saturated carbocycles. The van der Waals surface area contributed by atoms with Crippen molar-refractivity contribution >= 4 is 28.8 Å². The largest absolute Gasteiger partial charge is 0.493 e. The molecule has 0 aromatic heterocycles. The number of hydrogen-bond donors (Lipinski definition) is 1. The Morgan fingerprint density at radius 2 is 1.87 bits per heavy atom. The summed E-state index contributed by atoms with van der Waals surface area (Å²) in [5.41, 5.74) is 3.70. The number of hydrogen-bond acceptors (Lipinski definition) is 8. The van der Waals surface area contributed by atoms with Gasteiger partial charge in [0.15, 0.2) is 16.7 Å². The Hall–Kier alpha value is -3.72. The number of rotatable bonds is 10. The Bertz CT molecular complexity index is 1290. The molecular formula is C29H33N3O5S. The van der Waals surface area contributed by atoms with Gasteiger partial charge in [0, 0.05) is 11.7 Å². The summed E-state index contributed by atoms with van der Waals surface area (Å²) < 4.78 is 17.0. The highest BCUT2D eigenvalue weighted by Crippen LogP contribution is 2.46. The van der Waals surface area contributed by atoms with E-state index in [4.69, 9.17) is 19.2 Å². The molecule has 2 aliphatic heterocycles. The standard InChI is InChI=1S/C29H33N3O5S/c1-6-22-26(28(34)36-5)27(32-21(17-38-29(32)31-22)15-25(33)30-18(2)3)20-12-13-23(24(14-20)35-4)37-16-19-10-8-7-9-11-19/h7-14,17-18,27H,6,15-16H2,1-5H3,(H,30,33)/t27-/m0/s1. The molecule has 2 aliphatic rings. The van der Waals surface area contributed by atoms with Crippen LogP contribution in [0.5, 0.6) is 11.5 Å². The summed E-state index contributed by atoms with van der Waals surface area (Å²) >= 11 is 1.44. The molecule has 0 spiro atoms. The number of carbonyl (C=O) groups excluding carboxylic acids is 2. The monoisotopic (exact) mass is 535 g/mol. The molecule has 0 radical (unpaired) electrons. The van der Waals surface area contributed by atoms with Crippen LogP contribution in [0.2, 0.25) is 0 Å². The predicted molar refractivity (Wildman–Crippen MR) is 149 cm³/mol. The van der Waals surface area contributed by atoms with Gasteiger partial charge in [-0.3, -0.25) is 4.79 Å². The van der Waals surface area contributed by atoms with Crippen molar-refractivity contribution in [3.8, 4) is 11.5 Å². The molecule has 1 atom stereocenters. The minimum absolute atomic E-state index is 0.0207. The topological polar surface area (TPSA) is 89.5 Å². The van der Waals surface area contributed by atoms with Gasteiger partial charge >= 0.3 is 5.97 Å². The summed E-state index contributed by atoms with van der Waals surface area (Å²) in [5.74, 6) is 0.576. The van der Waals surface area contributed by atoms with E-state index < -0.39 is 12.0 Å². The molecule has 2 aromatic carbocycles. The van der Waals surface area contributed by atoms with E-state index >= 15 is 0 Å². The molecule has 38 heavy (non-hydrogen) atoms. The average molecular weight is 536 g/mol. The number of fused-ring (bicyclic) bond motifs is 1. The van der Waals surface area contributed by atoms with E-state index in [1.165, 1.54) is 18.9 Å². The summed E-state index contributed by atoms with van der Waals surface area (Å²) in [6.45, 7) is 6.20. The van der Waals surface area contributed by atoms with Gasteiger partial charge < -0.3 is 24.4 Å². The molecule has 0 unspecified atom stereocenters. The van der Waals surface area contributed by atoms with E-state index in [2.05, 4.69) is 5.32 Å². The van der Waals surface area contributed by atoms with E-state index in [-0.39, 0.29) is 18.4 Å². The molecule has 0 aliphatic carbocycles. The summed E-state index contributed by atoms with van der Waals surface area (Å²) in [7, 11) is 2.95. The third-order valence-electron chi connectivity index (χ3n) is 6.16. The van der Waals surface area contributed by atoms with Crippen molar-refractivity contribution in [1.82, 2.24) is 10.2 Å². The number of aliphatic imine (C=N–C) groups is 1. The predicted octanol–water partition coefficient (Wildman–Crippen LogP) is 5.33. The maximum absolute atomic E-state index is 13.1. The lowest BCUT2D eigenvalue weighted by molar-refractivity contribution is -0.136. The Morgan fingerprint density at radius 3 is 2.53 bits per heavy atom. The normalized spacial score (nSPS) is 16.6. The first kappa shape index (κ1) is 27.3. The first-order valence-electron chi connectivity index (χ1n) is 12.5. The van der Waals surface area contributed by atoms with E-state index in [1.54, 1.807) is 7.11 Å². The van der Waals surface area contributed by atoms with Crippen LogP contribution in [0.3, 0.4) is 0 Å². The van der Waals surface area contributed by atoms with E-state index in [1.807, 2.05) is 79.6 Å². The van der Waals surface area contributed by atoms with Crippen molar-refractivity contribution in [3.05, 3.63) is 82.0 Å². The fraction of sp³-hybridized carbons (Fsp3) is 0.345. The number of amides is 1. The van der Waals surface area contributed by atoms with Crippen LogP contribution >= 0.6 is 11.8 Å². The van der Waals surface area contributed by atoms with Gasteiger partial charge in [0.05, 0.1) is 38.0 Å². The smallest absolute Gasteiger partial charge is 0.338 e. The van der Waals surface area contributed by atoms with Crippen LogP contribution in [0.25, 0.3) is 0 Å². The lowest BCUT2D eigenvalue weighted by atomic mass is 9.92. The van der Waals surface area contributed by atoms with Gasteiger partial charge in [-0.1, -0.05) is 55.1 Å². The Balaban J connectivity index is 1.72. The Morgan fingerprint density at radius 1 is 1.11 bits per heavy atom. The van der Waals surface area contributed by atoms with Crippen LogP contribution in [-0.4, -0.2) is 42.2 Å². The third kappa shape index (κ3) is 5.88. The number of allylic oxidation sites excluding steroid dienone is 1. The average Bonchev–Trinajstić information content (AvgIpc) is 3.32. The second-order valence-electron chi connectivity index (χ2n) is 9.18. The van der Waals surface area contributed by atoms with Crippen LogP contribution in [-0.2, 0) is 20.9 Å². The van der Waals surface area contributed by atoms with Crippen molar-refractivity contribution in [1.29, 1.82) is 0 Å². The summed E-state index contributed by atoms with van der Waals surface area (Å²) in [6.07, 6.45) is 0.712. The van der Waals surface area contributed by atoms with Crippen LogP contribution < -0.4 is 14.8 Å². The van der Waals surface area contributed by atoms with Crippen molar-refractivity contribution < 1.29 is 23.8 Å². The fourth-order valence-electron chi connectivity index (χ4n) is 4.47. The first-order valence-corrected chi connectivity index (χ1v) is 13.4. The van der Waals surface area contributed by atoms with Crippen LogP contribution in [0.15, 0.2) is 75.9 Å². The van der Waals surface area contributed by atoms with E-state index in [0.29, 0.717) is 35.8 Å². The molecule has 1 amide bonds. The lowest BCUT2D eigenvalue weighted by Gasteiger charge is -2.36. The van der Waals surface area contributed by atoms with Crippen molar-refractivity contribution in [2.75, 3.05) is 14.2 Å². The number of nitrogens with zero attached hydrogens (tertiary/aromatic N) is 2. The number of esters is 1. The third-order valence-corrected chi connectivity index (χ3v) is 7.05. The van der Waals surface area contributed by atoms with Gasteiger partial charge in [0.2, 0.25) is 5.91 Å². The Labute approximate surface area is 227 Å². The van der Waals surface area contributed by atoms with Crippen molar-refractivity contribution in [2.24, 2.45) is 4.99 Å². The highest BCUT2D eigenvalue weighted by molar-refractivity contribution is 8.16. The molecule has 1 N–H and O–H groups in total. The highest BCUT2D eigenvalue weighted by Gasteiger charge is 2.41. The lowest BCUT2D eigenvalue weighted by Crippen LogP contribution is -2.38. The number of nitrogens with one attached hydrogen (secondary N) is 1. The zero-order chi connectivity index (χ0) is 27.2.